The average Bonchev–Trinajstić information content (AvgIpc) is 3.04. The van der Waals surface area contributed by atoms with Crippen LogP contribution in [-0.4, -0.2) is 33.6 Å². The molecule has 1 aromatic carbocycles. The lowest BCUT2D eigenvalue weighted by atomic mass is 10.2. The highest BCUT2D eigenvalue weighted by atomic mass is 127. The molecule has 6 nitrogen and oxygen atoms in total. The first kappa shape index (κ1) is 20.4. The molecule has 2 heterocycles. The van der Waals surface area contributed by atoms with Gasteiger partial charge in [0, 0.05) is 30.7 Å². The number of pyridine rings is 1. The number of hydrogen-bond acceptors (Lipinski definition) is 3. The summed E-state index contributed by atoms with van der Waals surface area (Å²) in [6, 6.07) is 13.6. The summed E-state index contributed by atoms with van der Waals surface area (Å²) in [5.41, 5.74) is 1.98. The first-order valence-electron chi connectivity index (χ1n) is 8.31. The maximum absolute atomic E-state index is 5.91. The highest BCUT2D eigenvalue weighted by molar-refractivity contribution is 14.0. The van der Waals surface area contributed by atoms with Gasteiger partial charge in [-0.15, -0.1) is 34.2 Å². The lowest BCUT2D eigenvalue weighted by Gasteiger charge is -2.11. The Morgan fingerprint density at radius 3 is 2.69 bits per heavy atom. The van der Waals surface area contributed by atoms with Crippen LogP contribution in [0, 0.1) is 0 Å². The van der Waals surface area contributed by atoms with Gasteiger partial charge in [0.05, 0.1) is 6.54 Å². The number of nitrogens with zero attached hydrogens (tertiary/aromatic N) is 4. The molecule has 8 heteroatoms. The predicted molar refractivity (Wildman–Crippen MR) is 116 cm³/mol. The van der Waals surface area contributed by atoms with Crippen LogP contribution < -0.4 is 10.6 Å². The predicted octanol–water partition coefficient (Wildman–Crippen LogP) is 3.30. The number of hydrogen-bond donors (Lipinski definition) is 2. The largest absolute Gasteiger partial charge is 0.357 e. The van der Waals surface area contributed by atoms with E-state index in [-0.39, 0.29) is 24.0 Å². The van der Waals surface area contributed by atoms with Crippen molar-refractivity contribution in [2.75, 3.05) is 13.1 Å². The number of fused-ring (bicyclic) bond motifs is 1. The number of benzene rings is 1. The van der Waals surface area contributed by atoms with Crippen LogP contribution in [0.25, 0.3) is 5.65 Å². The van der Waals surface area contributed by atoms with Gasteiger partial charge in [-0.2, -0.15) is 0 Å². The van der Waals surface area contributed by atoms with Crippen molar-refractivity contribution in [1.82, 2.24) is 25.2 Å². The summed E-state index contributed by atoms with van der Waals surface area (Å²) in [7, 11) is 0. The van der Waals surface area contributed by atoms with Gasteiger partial charge in [-0.25, -0.2) is 4.99 Å². The minimum atomic E-state index is 0. The molecule has 0 saturated carbocycles. The van der Waals surface area contributed by atoms with Crippen molar-refractivity contribution in [3.8, 4) is 0 Å². The van der Waals surface area contributed by atoms with Gasteiger partial charge >= 0.3 is 0 Å². The van der Waals surface area contributed by atoms with Gasteiger partial charge in [0.1, 0.15) is 5.82 Å². The molecule has 2 N–H and O–H groups in total. The minimum absolute atomic E-state index is 0. The molecule has 0 bridgehead atoms. The third-order valence-corrected chi connectivity index (χ3v) is 3.95. The van der Waals surface area contributed by atoms with E-state index in [9.17, 15) is 0 Å². The van der Waals surface area contributed by atoms with Crippen molar-refractivity contribution in [3.05, 3.63) is 65.1 Å². The molecule has 26 heavy (non-hydrogen) atoms. The van der Waals surface area contributed by atoms with Gasteiger partial charge in [-0.1, -0.05) is 29.8 Å². The summed E-state index contributed by atoms with van der Waals surface area (Å²) in [6.07, 6.45) is 2.74. The number of nitrogens with one attached hydrogen (secondary N) is 2. The molecule has 3 aromatic rings. The highest BCUT2D eigenvalue weighted by Crippen LogP contribution is 2.10. The van der Waals surface area contributed by atoms with E-state index >= 15 is 0 Å². The van der Waals surface area contributed by atoms with Crippen molar-refractivity contribution < 1.29 is 0 Å². The molecule has 3 rings (SSSR count). The lowest BCUT2D eigenvalue weighted by molar-refractivity contribution is 0.763. The molecule has 0 atom stereocenters. The van der Waals surface area contributed by atoms with Crippen molar-refractivity contribution >= 4 is 47.2 Å². The second kappa shape index (κ2) is 10.3. The molecular formula is C18H22ClIN6. The average molecular weight is 485 g/mol. The third-order valence-electron chi connectivity index (χ3n) is 3.70. The zero-order chi connectivity index (χ0) is 17.5. The monoisotopic (exact) mass is 484 g/mol. The molecule has 138 valence electrons. The van der Waals surface area contributed by atoms with Gasteiger partial charge in [-0.05, 0) is 36.8 Å². The zero-order valence-electron chi connectivity index (χ0n) is 14.5. The number of aromatic nitrogens is 3. The molecule has 2 aromatic heterocycles. The van der Waals surface area contributed by atoms with Crippen molar-refractivity contribution in [2.24, 2.45) is 4.99 Å². The van der Waals surface area contributed by atoms with Crippen LogP contribution >= 0.6 is 35.6 Å². The van der Waals surface area contributed by atoms with Gasteiger partial charge in [-0.3, -0.25) is 4.40 Å². The molecular weight excluding hydrogens is 463 g/mol. The fourth-order valence-electron chi connectivity index (χ4n) is 2.46. The Bertz CT molecular complexity index is 846. The Kier molecular flexibility index (Phi) is 8.11. The number of halogens is 2. The van der Waals surface area contributed by atoms with Crippen LogP contribution in [0.1, 0.15) is 18.3 Å². The fraction of sp³-hybridized carbons (Fsp3) is 0.278. The third kappa shape index (κ3) is 5.57. The Hall–Kier alpha value is -1.87. The number of rotatable bonds is 6. The molecule has 0 aliphatic rings. The van der Waals surface area contributed by atoms with E-state index < -0.39 is 0 Å². The van der Waals surface area contributed by atoms with Gasteiger partial charge in [0.2, 0.25) is 0 Å². The lowest BCUT2D eigenvalue weighted by Crippen LogP contribution is -2.38. The van der Waals surface area contributed by atoms with Crippen LogP contribution in [-0.2, 0) is 13.0 Å². The van der Waals surface area contributed by atoms with Gasteiger partial charge < -0.3 is 10.6 Å². The van der Waals surface area contributed by atoms with E-state index in [0.29, 0.717) is 6.54 Å². The van der Waals surface area contributed by atoms with E-state index in [0.717, 1.165) is 47.5 Å². The van der Waals surface area contributed by atoms with E-state index in [2.05, 4.69) is 25.8 Å². The maximum Gasteiger partial charge on any atom is 0.191 e. The first-order chi connectivity index (χ1) is 12.3. The van der Waals surface area contributed by atoms with Crippen molar-refractivity contribution in [1.29, 1.82) is 0 Å². The molecule has 0 aliphatic heterocycles. The van der Waals surface area contributed by atoms with Gasteiger partial charge in [0.25, 0.3) is 0 Å². The second-order valence-corrected chi connectivity index (χ2v) is 5.98. The molecule has 0 unspecified atom stereocenters. The van der Waals surface area contributed by atoms with Crippen molar-refractivity contribution in [2.45, 2.75) is 19.9 Å². The van der Waals surface area contributed by atoms with Crippen LogP contribution in [0.5, 0.6) is 0 Å². The second-order valence-electron chi connectivity index (χ2n) is 5.54. The Labute approximate surface area is 175 Å². The molecule has 0 amide bonds. The van der Waals surface area contributed by atoms with E-state index in [1.807, 2.05) is 60.0 Å². The summed E-state index contributed by atoms with van der Waals surface area (Å²) in [4.78, 5) is 4.60. The number of aliphatic imine (C=N–C) groups is 1. The first-order valence-corrected chi connectivity index (χ1v) is 8.69. The van der Waals surface area contributed by atoms with Crippen LogP contribution in [0.15, 0.2) is 53.7 Å². The SMILES string of the molecule is CCNC(=NCc1ccc(Cl)cc1)NCCc1nnc2ccccn12.I. The summed E-state index contributed by atoms with van der Waals surface area (Å²) < 4.78 is 2.00. The summed E-state index contributed by atoms with van der Waals surface area (Å²) >= 11 is 5.91. The zero-order valence-corrected chi connectivity index (χ0v) is 17.6. The standard InChI is InChI=1S/C18H21ClN6.HI/c1-2-20-18(22-13-14-6-8-15(19)9-7-14)21-11-10-17-24-23-16-5-3-4-12-25(16)17;/h3-9,12H,2,10-11,13H2,1H3,(H2,20,21,22);1H. The molecule has 0 aliphatic carbocycles. The summed E-state index contributed by atoms with van der Waals surface area (Å²) in [5, 5.41) is 15.7. The summed E-state index contributed by atoms with van der Waals surface area (Å²) in [6.45, 7) is 4.17. The summed E-state index contributed by atoms with van der Waals surface area (Å²) in [5.74, 6) is 1.71. The maximum atomic E-state index is 5.91. The van der Waals surface area contributed by atoms with E-state index in [1.54, 1.807) is 0 Å². The highest BCUT2D eigenvalue weighted by Gasteiger charge is 2.05. The van der Waals surface area contributed by atoms with Gasteiger partial charge in [0.15, 0.2) is 11.6 Å². The van der Waals surface area contributed by atoms with Crippen LogP contribution in [0.2, 0.25) is 5.02 Å². The Balaban J connectivity index is 0.00000243. The van der Waals surface area contributed by atoms with Crippen molar-refractivity contribution in [3.63, 3.8) is 0 Å². The Morgan fingerprint density at radius 2 is 1.92 bits per heavy atom. The molecule has 0 saturated heterocycles. The topological polar surface area (TPSA) is 66.6 Å². The normalized spacial score (nSPS) is 11.2. The van der Waals surface area contributed by atoms with E-state index in [4.69, 9.17) is 11.6 Å². The van der Waals surface area contributed by atoms with Crippen LogP contribution in [0.3, 0.4) is 0 Å². The molecule has 0 radical (unpaired) electrons. The minimum Gasteiger partial charge on any atom is -0.357 e. The van der Waals surface area contributed by atoms with Crippen LogP contribution in [0.4, 0.5) is 0 Å². The molecule has 0 spiro atoms. The van der Waals surface area contributed by atoms with E-state index in [1.165, 1.54) is 0 Å². The smallest absolute Gasteiger partial charge is 0.191 e. The quantitative estimate of drug-likeness (QED) is 0.320. The molecule has 0 fully saturated rings. The number of guanidine groups is 1. The fourth-order valence-corrected chi connectivity index (χ4v) is 2.58. The Morgan fingerprint density at radius 1 is 1.12 bits per heavy atom.